The van der Waals surface area contributed by atoms with Crippen molar-refractivity contribution in [2.45, 2.75) is 11.9 Å². The predicted octanol–water partition coefficient (Wildman–Crippen LogP) is 5.93. The molecular weight excluding hydrogens is 450 g/mol. The van der Waals surface area contributed by atoms with Gasteiger partial charge in [-0.2, -0.15) is 18.2 Å². The van der Waals surface area contributed by atoms with Crippen molar-refractivity contribution in [2.24, 2.45) is 0 Å². The lowest BCUT2D eigenvalue weighted by Crippen LogP contribution is -2.14. The molecule has 1 aromatic heterocycles. The number of nitrogens with zero attached hydrogens (tertiary/aromatic N) is 2. The lowest BCUT2D eigenvalue weighted by Gasteiger charge is -2.07. The van der Waals surface area contributed by atoms with Crippen LogP contribution in [0.1, 0.15) is 11.5 Å². The number of anilines is 1. The van der Waals surface area contributed by atoms with E-state index in [1.54, 1.807) is 18.2 Å². The molecule has 0 aliphatic carbocycles. The minimum atomic E-state index is -4.46. The first-order valence-corrected chi connectivity index (χ1v) is 9.97. The Kier molecular flexibility index (Phi) is 6.71. The highest BCUT2D eigenvalue weighted by Crippen LogP contribution is 2.32. The number of carbonyl (C=O) groups excluding carboxylic acids is 1. The van der Waals surface area contributed by atoms with Gasteiger partial charge in [0, 0.05) is 5.56 Å². The number of benzene rings is 2. The monoisotopic (exact) mass is 461 g/mol. The summed E-state index contributed by atoms with van der Waals surface area (Å²) in [6.45, 7) is 0. The average molecular weight is 462 g/mol. The van der Waals surface area contributed by atoms with Crippen molar-refractivity contribution in [1.29, 1.82) is 0 Å². The van der Waals surface area contributed by atoms with E-state index in [0.717, 1.165) is 12.1 Å². The fourth-order valence-electron chi connectivity index (χ4n) is 2.28. The van der Waals surface area contributed by atoms with E-state index in [0.29, 0.717) is 10.7 Å². The Morgan fingerprint density at radius 1 is 1.17 bits per heavy atom. The normalized spacial score (nSPS) is 11.5. The molecular formula is C18H12Cl2F3N3O2S. The summed E-state index contributed by atoms with van der Waals surface area (Å²) in [4.78, 5) is 16.1. The van der Waals surface area contributed by atoms with Gasteiger partial charge < -0.3 is 9.84 Å². The topological polar surface area (TPSA) is 68.0 Å². The Morgan fingerprint density at radius 2 is 1.93 bits per heavy atom. The van der Waals surface area contributed by atoms with Gasteiger partial charge in [-0.1, -0.05) is 46.6 Å². The third-order valence-corrected chi connectivity index (χ3v) is 5.34. The van der Waals surface area contributed by atoms with Crippen LogP contribution in [0.5, 0.6) is 0 Å². The minimum Gasteiger partial charge on any atom is -0.338 e. The quantitative estimate of drug-likeness (QED) is 0.492. The average Bonchev–Trinajstić information content (AvgIpc) is 3.14. The van der Waals surface area contributed by atoms with Gasteiger partial charge in [-0.3, -0.25) is 4.79 Å². The summed E-state index contributed by atoms with van der Waals surface area (Å²) in [5, 5.41) is 6.91. The fraction of sp³-hybridized carbons (Fsp3) is 0.167. The molecule has 0 radical (unpaired) electrons. The zero-order valence-corrected chi connectivity index (χ0v) is 16.8. The number of carbonyl (C=O) groups is 1. The van der Waals surface area contributed by atoms with Crippen LogP contribution in [-0.4, -0.2) is 21.8 Å². The Balaban J connectivity index is 1.56. The first-order chi connectivity index (χ1) is 13.7. The second-order valence-electron chi connectivity index (χ2n) is 5.73. The first-order valence-electron chi connectivity index (χ1n) is 8.06. The van der Waals surface area contributed by atoms with Crippen molar-refractivity contribution in [2.75, 3.05) is 11.1 Å². The predicted molar refractivity (Wildman–Crippen MR) is 106 cm³/mol. The third-order valence-electron chi connectivity index (χ3n) is 3.60. The summed E-state index contributed by atoms with van der Waals surface area (Å²) in [5.41, 5.74) is -0.213. The van der Waals surface area contributed by atoms with Gasteiger partial charge >= 0.3 is 6.18 Å². The van der Waals surface area contributed by atoms with E-state index in [4.69, 9.17) is 27.7 Å². The molecule has 1 amide bonds. The highest BCUT2D eigenvalue weighted by molar-refractivity contribution is 7.99. The maximum Gasteiger partial charge on any atom is 0.416 e. The van der Waals surface area contributed by atoms with E-state index in [1.807, 2.05) is 0 Å². The van der Waals surface area contributed by atoms with Crippen molar-refractivity contribution in [3.63, 3.8) is 0 Å². The molecule has 3 rings (SSSR count). The van der Waals surface area contributed by atoms with Crippen molar-refractivity contribution < 1.29 is 22.5 Å². The van der Waals surface area contributed by atoms with E-state index in [-0.39, 0.29) is 39.7 Å². The summed E-state index contributed by atoms with van der Waals surface area (Å²) >= 11 is 13.1. The SMILES string of the molecule is O=C(CSCc1nc(-c2cccc(C(F)(F)F)c2)no1)Nc1cccc(Cl)c1Cl. The Bertz CT molecular complexity index is 1030. The Hall–Kier alpha value is -2.23. The van der Waals surface area contributed by atoms with Gasteiger partial charge in [-0.15, -0.1) is 11.8 Å². The zero-order valence-electron chi connectivity index (χ0n) is 14.5. The summed E-state index contributed by atoms with van der Waals surface area (Å²) in [6, 6.07) is 9.52. The van der Waals surface area contributed by atoms with Crippen LogP contribution in [0.4, 0.5) is 18.9 Å². The van der Waals surface area contributed by atoms with E-state index in [2.05, 4.69) is 15.5 Å². The van der Waals surface area contributed by atoms with Crippen LogP contribution in [0.15, 0.2) is 47.0 Å². The van der Waals surface area contributed by atoms with Crippen LogP contribution in [0.25, 0.3) is 11.4 Å². The van der Waals surface area contributed by atoms with Gasteiger partial charge in [0.1, 0.15) is 0 Å². The van der Waals surface area contributed by atoms with Crippen LogP contribution < -0.4 is 5.32 Å². The summed E-state index contributed by atoms with van der Waals surface area (Å²) < 4.78 is 43.5. The van der Waals surface area contributed by atoms with Crippen LogP contribution in [-0.2, 0) is 16.7 Å². The number of thioether (sulfide) groups is 1. The summed E-state index contributed by atoms with van der Waals surface area (Å²) in [7, 11) is 0. The maximum absolute atomic E-state index is 12.8. The zero-order chi connectivity index (χ0) is 21.0. The number of rotatable bonds is 6. The maximum atomic E-state index is 12.8. The van der Waals surface area contributed by atoms with Crippen molar-refractivity contribution in [3.05, 3.63) is 64.0 Å². The molecule has 0 fully saturated rings. The van der Waals surface area contributed by atoms with Gasteiger partial charge in [-0.05, 0) is 24.3 Å². The molecule has 1 N–H and O–H groups in total. The van der Waals surface area contributed by atoms with E-state index in [1.165, 1.54) is 23.9 Å². The molecule has 29 heavy (non-hydrogen) atoms. The van der Waals surface area contributed by atoms with E-state index >= 15 is 0 Å². The second-order valence-corrected chi connectivity index (χ2v) is 7.50. The molecule has 0 bridgehead atoms. The lowest BCUT2D eigenvalue weighted by atomic mass is 10.1. The van der Waals surface area contributed by atoms with Crippen LogP contribution in [0, 0.1) is 0 Å². The number of hydrogen-bond acceptors (Lipinski definition) is 5. The molecule has 0 aliphatic rings. The molecule has 11 heteroatoms. The molecule has 0 aliphatic heterocycles. The molecule has 5 nitrogen and oxygen atoms in total. The van der Waals surface area contributed by atoms with Gasteiger partial charge in [0.2, 0.25) is 17.6 Å². The first kappa shape index (κ1) is 21.5. The molecule has 0 saturated heterocycles. The molecule has 152 valence electrons. The number of halogens is 5. The van der Waals surface area contributed by atoms with Crippen molar-refractivity contribution in [1.82, 2.24) is 10.1 Å². The largest absolute Gasteiger partial charge is 0.416 e. The van der Waals surface area contributed by atoms with Gasteiger partial charge in [0.15, 0.2) is 0 Å². The number of alkyl halides is 3. The minimum absolute atomic E-state index is 0.0434. The van der Waals surface area contributed by atoms with Gasteiger partial charge in [0.05, 0.1) is 32.8 Å². The number of amides is 1. The van der Waals surface area contributed by atoms with Gasteiger partial charge in [-0.25, -0.2) is 0 Å². The van der Waals surface area contributed by atoms with E-state index < -0.39 is 11.7 Å². The van der Waals surface area contributed by atoms with Gasteiger partial charge in [0.25, 0.3) is 0 Å². The van der Waals surface area contributed by atoms with Crippen molar-refractivity contribution >= 4 is 46.6 Å². The second kappa shape index (κ2) is 9.06. The summed E-state index contributed by atoms with van der Waals surface area (Å²) in [6.07, 6.45) is -4.46. The summed E-state index contributed by atoms with van der Waals surface area (Å²) in [5.74, 6) is 0.210. The number of nitrogens with one attached hydrogen (secondary N) is 1. The van der Waals surface area contributed by atoms with Crippen LogP contribution in [0.3, 0.4) is 0 Å². The molecule has 3 aromatic rings. The third kappa shape index (κ3) is 5.65. The molecule has 0 atom stereocenters. The van der Waals surface area contributed by atoms with Crippen LogP contribution in [0.2, 0.25) is 10.0 Å². The Morgan fingerprint density at radius 3 is 2.69 bits per heavy atom. The van der Waals surface area contributed by atoms with Crippen molar-refractivity contribution in [3.8, 4) is 11.4 Å². The van der Waals surface area contributed by atoms with E-state index in [9.17, 15) is 18.0 Å². The Labute approximate surface area is 177 Å². The molecule has 1 heterocycles. The fourth-order valence-corrected chi connectivity index (χ4v) is 3.28. The lowest BCUT2D eigenvalue weighted by molar-refractivity contribution is -0.137. The number of hydrogen-bond donors (Lipinski definition) is 1. The number of aromatic nitrogens is 2. The van der Waals surface area contributed by atoms with Crippen LogP contribution >= 0.6 is 35.0 Å². The highest BCUT2D eigenvalue weighted by atomic mass is 35.5. The smallest absolute Gasteiger partial charge is 0.338 e. The molecule has 0 unspecified atom stereocenters. The molecule has 0 saturated carbocycles. The standard InChI is InChI=1S/C18H12Cl2F3N3O2S/c19-12-5-2-6-13(16(12)20)24-14(27)8-29-9-15-25-17(26-28-15)10-3-1-4-11(7-10)18(21,22)23/h1-7H,8-9H2,(H,24,27). The highest BCUT2D eigenvalue weighted by Gasteiger charge is 2.30. The molecule has 2 aromatic carbocycles. The molecule has 0 spiro atoms.